The van der Waals surface area contributed by atoms with Gasteiger partial charge in [0.1, 0.15) is 0 Å². The Morgan fingerprint density at radius 1 is 0.960 bits per heavy atom. The third-order valence-electron chi connectivity index (χ3n) is 8.43. The lowest BCUT2D eigenvalue weighted by Crippen LogP contribution is -2.50. The van der Waals surface area contributed by atoms with Gasteiger partial charge in [-0.05, 0) is 49.1 Å². The number of hydrogen-bond acceptors (Lipinski definition) is 7. The number of carbonyl (C=O) groups excluding carboxylic acids is 3. The van der Waals surface area contributed by atoms with Gasteiger partial charge < -0.3 is 20.7 Å². The third kappa shape index (κ3) is 9.12. The number of nitrogens with one attached hydrogen (secondary N) is 4. The van der Waals surface area contributed by atoms with Crippen LogP contribution >= 0.6 is 0 Å². The highest BCUT2D eigenvalue weighted by atomic mass is 32.2. The normalized spacial score (nSPS) is 15.8. The van der Waals surface area contributed by atoms with Crippen molar-refractivity contribution in [1.29, 1.82) is 0 Å². The number of nitrogens with zero attached hydrogens (tertiary/aromatic N) is 2. The van der Waals surface area contributed by atoms with Gasteiger partial charge in [0.2, 0.25) is 16.0 Å². The van der Waals surface area contributed by atoms with Crippen LogP contribution in [0.2, 0.25) is 0 Å². The fourth-order valence-corrected chi connectivity index (χ4v) is 5.97. The van der Waals surface area contributed by atoms with Crippen LogP contribution in [-0.4, -0.2) is 66.7 Å². The molecule has 260 valence electrons. The van der Waals surface area contributed by atoms with Gasteiger partial charge in [-0.15, -0.1) is 0 Å². The molecule has 13 heteroatoms. The minimum Gasteiger partial charge on any atom is -0.381 e. The lowest BCUT2D eigenvalue weighted by Gasteiger charge is -2.24. The molecular formula is C37H40N6O6S. The summed E-state index contributed by atoms with van der Waals surface area (Å²) < 4.78 is 25.9. The van der Waals surface area contributed by atoms with Crippen molar-refractivity contribution in [3.63, 3.8) is 0 Å². The number of benzene rings is 3. The summed E-state index contributed by atoms with van der Waals surface area (Å²) in [7, 11) is -2.46. The smallest absolute Gasteiger partial charge is 0.257 e. The van der Waals surface area contributed by atoms with Crippen LogP contribution in [0.25, 0.3) is 0 Å². The molecule has 0 radical (unpaired) electrons. The van der Waals surface area contributed by atoms with E-state index < -0.39 is 39.9 Å². The number of rotatable bonds is 13. The summed E-state index contributed by atoms with van der Waals surface area (Å²) in [5.74, 6) is -1.85. The van der Waals surface area contributed by atoms with Crippen LogP contribution in [0.4, 0.5) is 11.6 Å². The Kier molecular flexibility index (Phi) is 11.3. The zero-order valence-electron chi connectivity index (χ0n) is 27.9. The van der Waals surface area contributed by atoms with Crippen molar-refractivity contribution in [1.82, 2.24) is 20.6 Å². The molecule has 1 aromatic heterocycles. The molecule has 1 unspecified atom stereocenters. The molecule has 3 amide bonds. The lowest BCUT2D eigenvalue weighted by molar-refractivity contribution is -0.125. The van der Waals surface area contributed by atoms with Gasteiger partial charge in [0.05, 0.1) is 30.2 Å². The number of hydrogen-bond donors (Lipinski definition) is 5. The molecule has 4 atom stereocenters. The van der Waals surface area contributed by atoms with Crippen molar-refractivity contribution in [2.24, 2.45) is 0 Å². The fraction of sp³-hybridized carbons (Fsp3) is 0.243. The molecule has 1 aliphatic carbocycles. The van der Waals surface area contributed by atoms with Gasteiger partial charge in [0, 0.05) is 29.8 Å². The molecule has 12 nitrogen and oxygen atoms in total. The molecule has 1 aliphatic rings. The van der Waals surface area contributed by atoms with Gasteiger partial charge in [-0.25, -0.2) is 13.4 Å². The first-order chi connectivity index (χ1) is 23.9. The Balaban J connectivity index is 1.40. The van der Waals surface area contributed by atoms with Crippen molar-refractivity contribution in [3.05, 3.63) is 137 Å². The number of imidazole rings is 1. The lowest BCUT2D eigenvalue weighted by atomic mass is 9.98. The highest BCUT2D eigenvalue weighted by Gasteiger charge is 2.30. The monoisotopic (exact) mass is 696 g/mol. The summed E-state index contributed by atoms with van der Waals surface area (Å²) >= 11 is 0. The number of amides is 3. The van der Waals surface area contributed by atoms with Gasteiger partial charge in [-0.1, -0.05) is 85.0 Å². The summed E-state index contributed by atoms with van der Waals surface area (Å²) in [6, 6.07) is 20.8. The summed E-state index contributed by atoms with van der Waals surface area (Å²) in [5.41, 5.74) is 2.46. The maximum Gasteiger partial charge on any atom is 0.257 e. The average Bonchev–Trinajstić information content (AvgIpc) is 3.59. The van der Waals surface area contributed by atoms with Crippen molar-refractivity contribution >= 4 is 39.4 Å². The molecule has 0 fully saturated rings. The van der Waals surface area contributed by atoms with E-state index in [1.807, 2.05) is 67.6 Å². The van der Waals surface area contributed by atoms with E-state index in [1.165, 1.54) is 25.2 Å². The quantitative estimate of drug-likeness (QED) is 0.139. The van der Waals surface area contributed by atoms with Crippen LogP contribution < -0.4 is 20.3 Å². The molecule has 1 heterocycles. The number of allylic oxidation sites excluding steroid dienone is 4. The molecule has 0 saturated heterocycles. The minimum absolute atomic E-state index is 0.0424. The third-order valence-corrected chi connectivity index (χ3v) is 9.64. The number of H-pyrrole nitrogens is 1. The van der Waals surface area contributed by atoms with E-state index in [2.05, 4.69) is 25.9 Å². The molecule has 4 aromatic rings. The van der Waals surface area contributed by atoms with Gasteiger partial charge in [-0.3, -0.25) is 24.0 Å². The van der Waals surface area contributed by atoms with Crippen molar-refractivity contribution < 1.29 is 27.9 Å². The second kappa shape index (κ2) is 15.8. The number of aliphatic hydroxyl groups excluding tert-OH is 1. The van der Waals surface area contributed by atoms with Gasteiger partial charge in [0.15, 0.2) is 6.10 Å². The van der Waals surface area contributed by atoms with E-state index in [9.17, 15) is 27.9 Å². The van der Waals surface area contributed by atoms with Crippen LogP contribution in [0, 0.1) is 0 Å². The molecule has 0 bridgehead atoms. The predicted octanol–water partition coefficient (Wildman–Crippen LogP) is 4.24. The van der Waals surface area contributed by atoms with Crippen LogP contribution in [0.1, 0.15) is 62.8 Å². The second-order valence-electron chi connectivity index (χ2n) is 12.2. The van der Waals surface area contributed by atoms with E-state index in [-0.39, 0.29) is 41.1 Å². The zero-order valence-corrected chi connectivity index (χ0v) is 28.7. The molecule has 5 N–H and O–H groups in total. The number of sulfonamides is 1. The summed E-state index contributed by atoms with van der Waals surface area (Å²) in [6.07, 6.45) is 9.69. The van der Waals surface area contributed by atoms with E-state index >= 15 is 0 Å². The Hall–Kier alpha value is -5.53. The first-order valence-electron chi connectivity index (χ1n) is 16.1. The maximum atomic E-state index is 13.9. The SMILES string of the molecule is C[C@@H](NC(=O)c1cc(C(=O)N[C@@H](Cc2ccccc2)[C@@H](O)C(=O)Nc2ncc(C3C=CC=CC3)[nH]2)cc(N(C)S(C)(=O)=O)c1)c1ccccc1. The van der Waals surface area contributed by atoms with Crippen LogP contribution in [0.5, 0.6) is 0 Å². The first kappa shape index (κ1) is 35.8. The standard InChI is InChI=1S/C37H40N6O6S/c1-24(26-15-9-5-10-16-26)39-34(45)28-20-29(22-30(21-28)43(2)50(3,48)49)35(46)40-31(19-25-13-7-4-8-14-25)33(44)36(47)42-37-38-23-32(41-37)27-17-11-6-12-18-27/h4-17,20-24,27,31,33,44H,18-19H2,1-3H3,(H,39,45)(H,40,46)(H2,38,41,42,47)/t24-,27?,31+,33-/m1/s1. The minimum atomic E-state index is -3.77. The Morgan fingerprint density at radius 3 is 2.22 bits per heavy atom. The first-order valence-corrected chi connectivity index (χ1v) is 17.9. The van der Waals surface area contributed by atoms with Crippen molar-refractivity contribution in [2.75, 3.05) is 22.9 Å². The van der Waals surface area contributed by atoms with Gasteiger partial charge in [0.25, 0.3) is 17.7 Å². The number of anilines is 2. The zero-order chi connectivity index (χ0) is 35.8. The molecule has 3 aromatic carbocycles. The largest absolute Gasteiger partial charge is 0.381 e. The number of aromatic nitrogens is 2. The Morgan fingerprint density at radius 2 is 1.60 bits per heavy atom. The van der Waals surface area contributed by atoms with Gasteiger partial charge in [-0.2, -0.15) is 0 Å². The summed E-state index contributed by atoms with van der Waals surface area (Å²) in [5, 5.41) is 19.5. The van der Waals surface area contributed by atoms with Crippen LogP contribution in [0.3, 0.4) is 0 Å². The van der Waals surface area contributed by atoms with Crippen LogP contribution in [0.15, 0.2) is 109 Å². The number of carbonyl (C=O) groups is 3. The fourth-order valence-electron chi connectivity index (χ4n) is 5.48. The highest BCUT2D eigenvalue weighted by Crippen LogP contribution is 2.25. The molecule has 50 heavy (non-hydrogen) atoms. The van der Waals surface area contributed by atoms with E-state index in [4.69, 9.17) is 0 Å². The highest BCUT2D eigenvalue weighted by molar-refractivity contribution is 7.92. The van der Waals surface area contributed by atoms with Crippen molar-refractivity contribution in [3.8, 4) is 0 Å². The summed E-state index contributed by atoms with van der Waals surface area (Å²) in [4.78, 5) is 48.0. The van der Waals surface area contributed by atoms with Gasteiger partial charge >= 0.3 is 0 Å². The molecule has 0 saturated carbocycles. The Bertz CT molecular complexity index is 1990. The summed E-state index contributed by atoms with van der Waals surface area (Å²) in [6.45, 7) is 1.81. The molecule has 5 rings (SSSR count). The average molecular weight is 697 g/mol. The topological polar surface area (TPSA) is 174 Å². The Labute approximate surface area is 291 Å². The van der Waals surface area contributed by atoms with E-state index in [0.29, 0.717) is 0 Å². The van der Waals surface area contributed by atoms with E-state index in [1.54, 1.807) is 30.5 Å². The predicted molar refractivity (Wildman–Crippen MR) is 192 cm³/mol. The number of aromatic amines is 1. The molecule has 0 aliphatic heterocycles. The van der Waals surface area contributed by atoms with E-state index in [0.717, 1.165) is 33.8 Å². The number of aliphatic hydroxyl groups is 1. The second-order valence-corrected chi connectivity index (χ2v) is 14.2. The maximum absolute atomic E-state index is 13.9. The molecular weight excluding hydrogens is 657 g/mol. The molecule has 0 spiro atoms. The van der Waals surface area contributed by atoms with Crippen LogP contribution in [-0.2, 0) is 21.2 Å². The van der Waals surface area contributed by atoms with Crippen molar-refractivity contribution in [2.45, 2.75) is 43.9 Å².